The van der Waals surface area contributed by atoms with Gasteiger partial charge in [-0.1, -0.05) is 11.6 Å². The zero-order valence-corrected chi connectivity index (χ0v) is 24.5. The summed E-state index contributed by atoms with van der Waals surface area (Å²) in [5, 5.41) is 4.98. The minimum atomic E-state index is -2.69. The van der Waals surface area contributed by atoms with Crippen molar-refractivity contribution in [1.82, 2.24) is 23.9 Å². The van der Waals surface area contributed by atoms with Gasteiger partial charge in [0.2, 0.25) is 0 Å². The molecule has 5 rings (SSSR count). The van der Waals surface area contributed by atoms with Gasteiger partial charge < -0.3 is 9.30 Å². The van der Waals surface area contributed by atoms with E-state index in [1.165, 1.54) is 24.2 Å². The molecule has 14 heteroatoms. The molecule has 0 unspecified atom stereocenters. The minimum absolute atomic E-state index is 0.0104. The average Bonchev–Trinajstić information content (AvgIpc) is 3.35. The van der Waals surface area contributed by atoms with Gasteiger partial charge in [-0.3, -0.25) is 18.6 Å². The van der Waals surface area contributed by atoms with E-state index in [1.54, 1.807) is 44.6 Å². The number of benzene rings is 3. The molecule has 0 amide bonds. The van der Waals surface area contributed by atoms with Gasteiger partial charge >= 0.3 is 5.69 Å². The molecule has 3 aromatic carbocycles. The molecule has 2 aromatic heterocycles. The molecular formula is C28H24ClF3N5O4P. The molecular weight excluding hydrogens is 594 g/mol. The summed E-state index contributed by atoms with van der Waals surface area (Å²) < 4.78 is 63.8. The summed E-state index contributed by atoms with van der Waals surface area (Å²) >= 11 is 6.53. The first-order valence-electron chi connectivity index (χ1n) is 12.5. The van der Waals surface area contributed by atoms with Crippen molar-refractivity contribution < 1.29 is 22.5 Å². The molecule has 42 heavy (non-hydrogen) atoms. The lowest BCUT2D eigenvalue weighted by molar-refractivity contribution is 0.418. The highest BCUT2D eigenvalue weighted by Gasteiger charge is 2.22. The Morgan fingerprint density at radius 2 is 1.67 bits per heavy atom. The van der Waals surface area contributed by atoms with Crippen LogP contribution < -0.4 is 21.3 Å². The highest BCUT2D eigenvalue weighted by atomic mass is 35.5. The van der Waals surface area contributed by atoms with Gasteiger partial charge in [0.15, 0.2) is 23.3 Å². The molecule has 9 nitrogen and oxygen atoms in total. The Kier molecular flexibility index (Phi) is 7.63. The van der Waals surface area contributed by atoms with Crippen molar-refractivity contribution in [1.29, 1.82) is 0 Å². The van der Waals surface area contributed by atoms with Gasteiger partial charge in [-0.25, -0.2) is 22.9 Å². The van der Waals surface area contributed by atoms with Crippen LogP contribution in [0.4, 0.5) is 13.2 Å². The van der Waals surface area contributed by atoms with Crippen LogP contribution in [0.15, 0.2) is 58.4 Å². The maximum Gasteiger partial charge on any atom is 0.332 e. The molecule has 0 aliphatic rings. The number of aryl methyl sites for hydroxylation is 1. The molecule has 0 fully saturated rings. The molecule has 218 valence electrons. The van der Waals surface area contributed by atoms with Gasteiger partial charge in [-0.15, -0.1) is 0 Å². The zero-order valence-electron chi connectivity index (χ0n) is 22.9. The Bertz CT molecular complexity index is 2030. The van der Waals surface area contributed by atoms with E-state index in [4.69, 9.17) is 16.3 Å². The van der Waals surface area contributed by atoms with E-state index >= 15 is 0 Å². The molecule has 0 bridgehead atoms. The third-order valence-electron chi connectivity index (χ3n) is 6.73. The highest BCUT2D eigenvalue weighted by molar-refractivity contribution is 7.70. The van der Waals surface area contributed by atoms with E-state index in [2.05, 4.69) is 10.1 Å². The predicted molar refractivity (Wildman–Crippen MR) is 154 cm³/mol. The number of halogens is 4. The van der Waals surface area contributed by atoms with E-state index in [0.29, 0.717) is 21.5 Å². The van der Waals surface area contributed by atoms with Gasteiger partial charge in [0.1, 0.15) is 24.6 Å². The summed E-state index contributed by atoms with van der Waals surface area (Å²) in [6.07, 6.45) is 1.40. The monoisotopic (exact) mass is 617 g/mol. The van der Waals surface area contributed by atoms with Gasteiger partial charge in [-0.2, -0.15) is 5.10 Å². The lowest BCUT2D eigenvalue weighted by Crippen LogP contribution is -2.41. The topological polar surface area (TPSA) is 101 Å². The number of hydrogen-bond donors (Lipinski definition) is 0. The highest BCUT2D eigenvalue weighted by Crippen LogP contribution is 2.39. The third kappa shape index (κ3) is 5.39. The Morgan fingerprint density at radius 1 is 0.976 bits per heavy atom. The van der Waals surface area contributed by atoms with Gasteiger partial charge in [0.05, 0.1) is 25.7 Å². The molecule has 0 aliphatic carbocycles. The maximum atomic E-state index is 14.1. The second-order valence-electron chi connectivity index (χ2n) is 10.1. The lowest BCUT2D eigenvalue weighted by atomic mass is 10.0. The second-order valence-corrected chi connectivity index (χ2v) is 13.7. The van der Waals surface area contributed by atoms with Crippen LogP contribution in [0, 0.1) is 17.5 Å². The minimum Gasteiger partial charge on any atom is -0.496 e. The van der Waals surface area contributed by atoms with Crippen molar-refractivity contribution in [2.45, 2.75) is 13.1 Å². The van der Waals surface area contributed by atoms with Crippen LogP contribution in [0.5, 0.6) is 5.75 Å². The molecule has 2 heterocycles. The van der Waals surface area contributed by atoms with E-state index in [-0.39, 0.29) is 34.6 Å². The number of ether oxygens (including phenoxy) is 1. The molecule has 0 atom stereocenters. The SMILES string of the molecule is COc1cc(-c2cc(P(C)(C)=O)ccc2Cl)cc2c1c(=O)n(Cc1ncn(C)n1)c(=O)n2Cc1cc(F)c(F)c(F)c1. The first-order chi connectivity index (χ1) is 19.8. The Balaban J connectivity index is 1.84. The second kappa shape index (κ2) is 10.9. The number of hydrogen-bond acceptors (Lipinski definition) is 6. The third-order valence-corrected chi connectivity index (χ3v) is 8.58. The fourth-order valence-corrected chi connectivity index (χ4v) is 5.76. The Morgan fingerprint density at radius 3 is 2.26 bits per heavy atom. The quantitative estimate of drug-likeness (QED) is 0.199. The van der Waals surface area contributed by atoms with Crippen LogP contribution in [0.2, 0.25) is 5.02 Å². The van der Waals surface area contributed by atoms with Crippen LogP contribution in [-0.4, -0.2) is 44.3 Å². The Labute approximate surface area is 242 Å². The zero-order chi connectivity index (χ0) is 30.5. The van der Waals surface area contributed by atoms with Gasteiger partial charge in [0.25, 0.3) is 5.56 Å². The van der Waals surface area contributed by atoms with Crippen molar-refractivity contribution in [3.05, 3.63) is 103 Å². The number of fused-ring (bicyclic) bond motifs is 1. The lowest BCUT2D eigenvalue weighted by Gasteiger charge is -2.18. The molecule has 5 aromatic rings. The van der Waals surface area contributed by atoms with Crippen molar-refractivity contribution in [3.8, 4) is 16.9 Å². The van der Waals surface area contributed by atoms with Gasteiger partial charge in [0, 0.05) is 22.9 Å². The number of rotatable bonds is 7. The van der Waals surface area contributed by atoms with Crippen LogP contribution in [0.25, 0.3) is 22.0 Å². The smallest absolute Gasteiger partial charge is 0.332 e. The summed E-state index contributed by atoms with van der Waals surface area (Å²) in [6.45, 7) is 2.48. The average molecular weight is 618 g/mol. The first kappa shape index (κ1) is 29.3. The molecule has 0 spiro atoms. The maximum absolute atomic E-state index is 14.1. The fraction of sp³-hybridized carbons (Fsp3) is 0.214. The summed E-state index contributed by atoms with van der Waals surface area (Å²) in [5.41, 5.74) is -0.683. The summed E-state index contributed by atoms with van der Waals surface area (Å²) in [5.74, 6) is -4.26. The molecule has 0 N–H and O–H groups in total. The molecule has 0 saturated carbocycles. The van der Waals surface area contributed by atoms with E-state index in [1.807, 2.05) is 0 Å². The summed E-state index contributed by atoms with van der Waals surface area (Å²) in [6, 6.07) is 9.52. The van der Waals surface area contributed by atoms with Crippen LogP contribution in [0.1, 0.15) is 11.4 Å². The Hall–Kier alpha value is -4.15. The van der Waals surface area contributed by atoms with E-state index < -0.39 is 42.4 Å². The van der Waals surface area contributed by atoms with Crippen molar-refractivity contribution in [2.75, 3.05) is 20.4 Å². The fourth-order valence-electron chi connectivity index (χ4n) is 4.66. The van der Waals surface area contributed by atoms with Crippen LogP contribution >= 0.6 is 18.7 Å². The van der Waals surface area contributed by atoms with Gasteiger partial charge in [-0.05, 0) is 66.9 Å². The standard InChI is InChI=1S/C28H24ClF3N5O4P/c1-35-14-33-24(34-35)13-37-27(38)25-22(36(28(37)39)12-15-7-20(30)26(32)21(31)8-15)9-16(10-23(25)41-2)18-11-17(42(3,4)40)5-6-19(18)29/h5-11,14H,12-13H2,1-4H3. The van der Waals surface area contributed by atoms with Crippen molar-refractivity contribution in [3.63, 3.8) is 0 Å². The van der Waals surface area contributed by atoms with E-state index in [0.717, 1.165) is 21.3 Å². The summed E-state index contributed by atoms with van der Waals surface area (Å²) in [7, 11) is 0.273. The van der Waals surface area contributed by atoms with Crippen LogP contribution in [0.3, 0.4) is 0 Å². The van der Waals surface area contributed by atoms with Crippen molar-refractivity contribution in [2.24, 2.45) is 7.05 Å². The normalized spacial score (nSPS) is 11.8. The molecule has 0 aliphatic heterocycles. The van der Waals surface area contributed by atoms with E-state index in [9.17, 15) is 27.3 Å². The molecule has 0 saturated heterocycles. The van der Waals surface area contributed by atoms with Crippen molar-refractivity contribution >= 4 is 35.0 Å². The predicted octanol–water partition coefficient (Wildman–Crippen LogP) is 4.38. The largest absolute Gasteiger partial charge is 0.496 e. The molecule has 0 radical (unpaired) electrons. The number of aromatic nitrogens is 5. The summed E-state index contributed by atoms with van der Waals surface area (Å²) in [4.78, 5) is 31.7. The van der Waals surface area contributed by atoms with Crippen LogP contribution in [-0.2, 0) is 24.7 Å². The number of nitrogens with zero attached hydrogens (tertiary/aromatic N) is 5. The number of methoxy groups -OCH3 is 1. The first-order valence-corrected chi connectivity index (χ1v) is 15.4.